The molecule has 1 amide bonds. The number of nitrogens with one attached hydrogen (secondary N) is 2. The minimum Gasteiger partial charge on any atom is -0.496 e. The van der Waals surface area contributed by atoms with Gasteiger partial charge in [-0.3, -0.25) is 4.79 Å². The van der Waals surface area contributed by atoms with Gasteiger partial charge < -0.3 is 19.2 Å². The van der Waals surface area contributed by atoms with Gasteiger partial charge >= 0.3 is 0 Å². The molecule has 0 unspecified atom stereocenters. The van der Waals surface area contributed by atoms with Gasteiger partial charge in [0, 0.05) is 5.69 Å². The van der Waals surface area contributed by atoms with Crippen LogP contribution in [-0.2, 0) is 16.6 Å². The second kappa shape index (κ2) is 8.80. The van der Waals surface area contributed by atoms with E-state index in [0.29, 0.717) is 22.9 Å². The van der Waals surface area contributed by atoms with Gasteiger partial charge in [-0.05, 0) is 48.5 Å². The van der Waals surface area contributed by atoms with Gasteiger partial charge in [-0.2, -0.15) is 0 Å². The van der Waals surface area contributed by atoms with Crippen molar-refractivity contribution in [3.8, 4) is 11.5 Å². The van der Waals surface area contributed by atoms with Gasteiger partial charge in [-0.1, -0.05) is 6.07 Å². The molecule has 0 radical (unpaired) electrons. The summed E-state index contributed by atoms with van der Waals surface area (Å²) in [4.78, 5) is 12.7. The number of anilines is 1. The van der Waals surface area contributed by atoms with Crippen LogP contribution in [-0.4, -0.2) is 28.5 Å². The summed E-state index contributed by atoms with van der Waals surface area (Å²) in [5.74, 6) is 0.792. The summed E-state index contributed by atoms with van der Waals surface area (Å²) < 4.78 is 42.8. The Morgan fingerprint density at radius 3 is 2.17 bits per heavy atom. The van der Waals surface area contributed by atoms with Crippen LogP contribution in [0, 0.1) is 0 Å². The number of rotatable bonds is 8. The highest BCUT2D eigenvalue weighted by Gasteiger charge is 2.19. The fourth-order valence-electron chi connectivity index (χ4n) is 2.65. The summed E-state index contributed by atoms with van der Waals surface area (Å²) in [6.07, 6.45) is 1.47. The van der Waals surface area contributed by atoms with E-state index in [1.807, 2.05) is 0 Å². The van der Waals surface area contributed by atoms with Crippen molar-refractivity contribution in [3.63, 3.8) is 0 Å². The maximum absolute atomic E-state index is 12.7. The zero-order valence-corrected chi connectivity index (χ0v) is 16.7. The molecule has 3 rings (SSSR count). The first-order chi connectivity index (χ1) is 13.9. The Labute approximate surface area is 168 Å². The number of carbonyl (C=O) groups excluding carboxylic acids is 1. The molecule has 0 saturated carbocycles. The highest BCUT2D eigenvalue weighted by Crippen LogP contribution is 2.29. The standard InChI is InChI=1S/C20H20N2O6S/c1-26-17-6-3-7-18(27-2)19(17)20(23)22-14-8-10-16(11-9-14)29(24,25)21-13-15-5-4-12-28-15/h3-12,21H,13H2,1-2H3,(H,22,23). The zero-order chi connectivity index (χ0) is 20.9. The lowest BCUT2D eigenvalue weighted by molar-refractivity contribution is 0.102. The summed E-state index contributed by atoms with van der Waals surface area (Å²) >= 11 is 0. The molecule has 0 aliphatic rings. The van der Waals surface area contributed by atoms with Crippen molar-refractivity contribution >= 4 is 21.6 Å². The van der Waals surface area contributed by atoms with E-state index in [2.05, 4.69) is 10.0 Å². The molecular formula is C20H20N2O6S. The molecule has 2 N–H and O–H groups in total. The first-order valence-electron chi connectivity index (χ1n) is 8.59. The summed E-state index contributed by atoms with van der Waals surface area (Å²) in [6.45, 7) is 0.0431. The quantitative estimate of drug-likeness (QED) is 0.585. The van der Waals surface area contributed by atoms with Crippen LogP contribution in [0.3, 0.4) is 0 Å². The number of furan rings is 1. The molecule has 0 aliphatic heterocycles. The van der Waals surface area contributed by atoms with Gasteiger partial charge in [0.05, 0.1) is 31.9 Å². The number of amides is 1. The van der Waals surface area contributed by atoms with Crippen LogP contribution in [0.2, 0.25) is 0 Å². The minimum atomic E-state index is -3.72. The third-order valence-corrected chi connectivity index (χ3v) is 5.51. The lowest BCUT2D eigenvalue weighted by Crippen LogP contribution is -2.23. The third-order valence-electron chi connectivity index (χ3n) is 4.09. The molecule has 0 spiro atoms. The summed E-state index contributed by atoms with van der Waals surface area (Å²) in [6, 6.07) is 14.2. The molecule has 1 heterocycles. The monoisotopic (exact) mass is 416 g/mol. The topological polar surface area (TPSA) is 107 Å². The number of hydrogen-bond acceptors (Lipinski definition) is 6. The molecule has 0 fully saturated rings. The van der Waals surface area contributed by atoms with Crippen LogP contribution in [0.1, 0.15) is 16.1 Å². The molecule has 8 nitrogen and oxygen atoms in total. The molecule has 3 aromatic rings. The van der Waals surface area contributed by atoms with Crippen LogP contribution in [0.5, 0.6) is 11.5 Å². The van der Waals surface area contributed by atoms with Gasteiger partial charge in [0.1, 0.15) is 22.8 Å². The number of ether oxygens (including phenoxy) is 2. The Morgan fingerprint density at radius 1 is 0.966 bits per heavy atom. The Balaban J connectivity index is 1.73. The highest BCUT2D eigenvalue weighted by molar-refractivity contribution is 7.89. The van der Waals surface area contributed by atoms with Crippen LogP contribution < -0.4 is 19.5 Å². The summed E-state index contributed by atoms with van der Waals surface area (Å²) in [5, 5.41) is 2.71. The fourth-order valence-corrected chi connectivity index (χ4v) is 3.64. The Bertz CT molecular complexity index is 1050. The molecule has 9 heteroatoms. The molecule has 1 aromatic heterocycles. The van der Waals surface area contributed by atoms with E-state index in [-0.39, 0.29) is 17.0 Å². The number of benzene rings is 2. The molecule has 0 saturated heterocycles. The first-order valence-corrected chi connectivity index (χ1v) is 10.1. The molecule has 0 bridgehead atoms. The third kappa shape index (κ3) is 4.76. The smallest absolute Gasteiger partial charge is 0.263 e. The van der Waals surface area contributed by atoms with E-state index < -0.39 is 15.9 Å². The van der Waals surface area contributed by atoms with Crippen molar-refractivity contribution < 1.29 is 27.1 Å². The van der Waals surface area contributed by atoms with E-state index in [1.165, 1.54) is 44.7 Å². The predicted molar refractivity (Wildman–Crippen MR) is 107 cm³/mol. The van der Waals surface area contributed by atoms with E-state index >= 15 is 0 Å². The number of sulfonamides is 1. The highest BCUT2D eigenvalue weighted by atomic mass is 32.2. The van der Waals surface area contributed by atoms with Crippen LogP contribution in [0.15, 0.2) is 70.2 Å². The average Bonchev–Trinajstić information content (AvgIpc) is 3.26. The maximum Gasteiger partial charge on any atom is 0.263 e. The first kappa shape index (κ1) is 20.4. The van der Waals surface area contributed by atoms with Gasteiger partial charge in [0.2, 0.25) is 10.0 Å². The number of methoxy groups -OCH3 is 2. The Kier molecular flexibility index (Phi) is 6.20. The number of carbonyl (C=O) groups is 1. The van der Waals surface area contributed by atoms with Gasteiger partial charge in [0.15, 0.2) is 0 Å². The summed E-state index contributed by atoms with van der Waals surface area (Å²) in [7, 11) is -0.799. The summed E-state index contributed by atoms with van der Waals surface area (Å²) in [5.41, 5.74) is 0.669. The Morgan fingerprint density at radius 2 is 1.62 bits per heavy atom. The number of hydrogen-bond donors (Lipinski definition) is 2. The van der Waals surface area contributed by atoms with Crippen LogP contribution in [0.25, 0.3) is 0 Å². The van der Waals surface area contributed by atoms with E-state index in [0.717, 1.165) is 0 Å². The largest absolute Gasteiger partial charge is 0.496 e. The lowest BCUT2D eigenvalue weighted by Gasteiger charge is -2.13. The SMILES string of the molecule is COc1cccc(OC)c1C(=O)Nc1ccc(S(=O)(=O)NCc2ccco2)cc1. The molecular weight excluding hydrogens is 396 g/mol. The van der Waals surface area contributed by atoms with Gasteiger partial charge in [0.25, 0.3) is 5.91 Å². The van der Waals surface area contributed by atoms with E-state index in [1.54, 1.807) is 30.3 Å². The van der Waals surface area contributed by atoms with Crippen LogP contribution in [0.4, 0.5) is 5.69 Å². The second-order valence-electron chi connectivity index (χ2n) is 5.92. The van der Waals surface area contributed by atoms with E-state index in [9.17, 15) is 13.2 Å². The second-order valence-corrected chi connectivity index (χ2v) is 7.69. The molecule has 29 heavy (non-hydrogen) atoms. The lowest BCUT2D eigenvalue weighted by atomic mass is 10.1. The van der Waals surface area contributed by atoms with Crippen molar-refractivity contribution in [1.29, 1.82) is 0 Å². The van der Waals surface area contributed by atoms with Gasteiger partial charge in [-0.15, -0.1) is 0 Å². The van der Waals surface area contributed by atoms with Crippen molar-refractivity contribution in [3.05, 3.63) is 72.2 Å². The van der Waals surface area contributed by atoms with Crippen LogP contribution >= 0.6 is 0 Å². The van der Waals surface area contributed by atoms with Crippen molar-refractivity contribution in [2.24, 2.45) is 0 Å². The molecule has 2 aromatic carbocycles. The van der Waals surface area contributed by atoms with E-state index in [4.69, 9.17) is 13.9 Å². The average molecular weight is 416 g/mol. The van der Waals surface area contributed by atoms with Crippen molar-refractivity contribution in [2.75, 3.05) is 19.5 Å². The molecule has 152 valence electrons. The zero-order valence-electron chi connectivity index (χ0n) is 15.8. The van der Waals surface area contributed by atoms with Crippen molar-refractivity contribution in [1.82, 2.24) is 4.72 Å². The fraction of sp³-hybridized carbons (Fsp3) is 0.150. The minimum absolute atomic E-state index is 0.0431. The molecule has 0 atom stereocenters. The predicted octanol–water partition coefficient (Wildman–Crippen LogP) is 3.03. The van der Waals surface area contributed by atoms with Crippen molar-refractivity contribution in [2.45, 2.75) is 11.4 Å². The maximum atomic E-state index is 12.7. The van der Waals surface area contributed by atoms with Gasteiger partial charge in [-0.25, -0.2) is 13.1 Å². The molecule has 0 aliphatic carbocycles. The normalized spacial score (nSPS) is 11.1. The Hall–Kier alpha value is -3.30.